The Morgan fingerprint density at radius 2 is 1.36 bits per heavy atom. The maximum Gasteiger partial charge on any atom is 0.422 e. The van der Waals surface area contributed by atoms with Gasteiger partial charge in [0.2, 0.25) is 0 Å². The summed E-state index contributed by atoms with van der Waals surface area (Å²) in [4.78, 5) is 11.5. The summed E-state index contributed by atoms with van der Waals surface area (Å²) in [6.07, 6.45) is -14.4. The zero-order chi connectivity index (χ0) is 17.2. The van der Waals surface area contributed by atoms with Crippen molar-refractivity contribution in [3.63, 3.8) is 0 Å². The van der Waals surface area contributed by atoms with Gasteiger partial charge < -0.3 is 29.5 Å². The number of carbonyl (C=O) groups is 1. The number of methoxy groups -OCH3 is 2. The van der Waals surface area contributed by atoms with E-state index in [-0.39, 0.29) is 0 Å². The number of ether oxygens (including phenoxy) is 3. The van der Waals surface area contributed by atoms with Crippen LogP contribution in [0.3, 0.4) is 0 Å². The molecule has 0 radical (unpaired) electrons. The van der Waals surface area contributed by atoms with E-state index in [1.807, 2.05) is 0 Å². The van der Waals surface area contributed by atoms with E-state index in [2.05, 4.69) is 11.3 Å². The molecule has 10 heteroatoms. The van der Waals surface area contributed by atoms with Crippen LogP contribution in [-0.4, -0.2) is 78.3 Å². The fraction of sp³-hybridized carbons (Fsp3) is 0.750. The molecule has 1 aliphatic rings. The first kappa shape index (κ1) is 18.8. The Labute approximate surface area is 123 Å². The van der Waals surface area contributed by atoms with Gasteiger partial charge in [0.05, 0.1) is 0 Å². The van der Waals surface area contributed by atoms with Gasteiger partial charge in [0, 0.05) is 14.2 Å². The molecule has 1 rings (SSSR count). The van der Waals surface area contributed by atoms with Crippen molar-refractivity contribution in [2.24, 2.45) is 0 Å². The quantitative estimate of drug-likeness (QED) is 0.455. The molecule has 3 N–H and O–H groups in total. The Hall–Kier alpha value is -1.20. The monoisotopic (exact) mass is 330 g/mol. The second-order valence-electron chi connectivity index (χ2n) is 4.72. The van der Waals surface area contributed by atoms with Gasteiger partial charge in [0.25, 0.3) is 0 Å². The van der Waals surface area contributed by atoms with Crippen LogP contribution in [0.15, 0.2) is 12.2 Å². The van der Waals surface area contributed by atoms with Crippen LogP contribution in [0.4, 0.5) is 13.2 Å². The molecule has 1 saturated carbocycles. The lowest BCUT2D eigenvalue weighted by molar-refractivity contribution is -0.244. The van der Waals surface area contributed by atoms with Crippen molar-refractivity contribution in [1.82, 2.24) is 0 Å². The first-order valence-electron chi connectivity index (χ1n) is 6.13. The number of hydrogen-bond donors (Lipinski definition) is 3. The summed E-state index contributed by atoms with van der Waals surface area (Å²) in [5.41, 5.74) is -1.76. The molecule has 0 aliphatic heterocycles. The third kappa shape index (κ3) is 3.58. The molecule has 1 aliphatic carbocycles. The number of rotatable bonds is 4. The lowest BCUT2D eigenvalue weighted by Gasteiger charge is -2.44. The minimum atomic E-state index is -4.99. The summed E-state index contributed by atoms with van der Waals surface area (Å²) in [5, 5.41) is 29.2. The molecule has 0 amide bonds. The number of hydrogen-bond acceptors (Lipinski definition) is 7. The van der Waals surface area contributed by atoms with Crippen molar-refractivity contribution < 1.29 is 47.5 Å². The number of aliphatic hydroxyl groups excluding tert-OH is 3. The lowest BCUT2D eigenvalue weighted by atomic mass is 9.84. The molecule has 4 unspecified atom stereocenters. The highest BCUT2D eigenvalue weighted by atomic mass is 19.4. The van der Waals surface area contributed by atoms with E-state index in [1.165, 1.54) is 0 Å². The Morgan fingerprint density at radius 1 is 0.955 bits per heavy atom. The van der Waals surface area contributed by atoms with E-state index in [0.717, 1.165) is 14.2 Å². The first-order valence-corrected chi connectivity index (χ1v) is 6.13. The normalized spacial score (nSPS) is 36.0. The van der Waals surface area contributed by atoms with Crippen molar-refractivity contribution >= 4 is 5.97 Å². The molecule has 0 aromatic heterocycles. The molecule has 4 atom stereocenters. The molecule has 1 fully saturated rings. The van der Waals surface area contributed by atoms with E-state index in [0.29, 0.717) is 0 Å². The largest absolute Gasteiger partial charge is 0.453 e. The average molecular weight is 330 g/mol. The van der Waals surface area contributed by atoms with Gasteiger partial charge in [-0.05, 0) is 0 Å². The summed E-state index contributed by atoms with van der Waals surface area (Å²) in [6.45, 7) is 2.59. The molecule has 0 aromatic carbocycles. The summed E-state index contributed by atoms with van der Waals surface area (Å²) in [5.74, 6) is -1.79. The van der Waals surface area contributed by atoms with Crippen molar-refractivity contribution in [2.75, 3.05) is 14.2 Å². The van der Waals surface area contributed by atoms with Gasteiger partial charge in [0.15, 0.2) is 6.10 Å². The zero-order valence-corrected chi connectivity index (χ0v) is 11.8. The summed E-state index contributed by atoms with van der Waals surface area (Å²) < 4.78 is 51.6. The Bertz CT molecular complexity index is 407. The highest BCUT2D eigenvalue weighted by molar-refractivity contribution is 5.89. The number of aliphatic hydroxyl groups is 3. The fourth-order valence-corrected chi connectivity index (χ4v) is 2.16. The van der Waals surface area contributed by atoms with Gasteiger partial charge in [-0.2, -0.15) is 13.2 Å². The highest BCUT2D eigenvalue weighted by Gasteiger charge is 2.53. The van der Waals surface area contributed by atoms with E-state index < -0.39 is 54.3 Å². The van der Waals surface area contributed by atoms with Crippen LogP contribution in [0.5, 0.6) is 0 Å². The smallest absolute Gasteiger partial charge is 0.422 e. The molecule has 7 nitrogen and oxygen atoms in total. The molecule has 0 bridgehead atoms. The van der Waals surface area contributed by atoms with Crippen molar-refractivity contribution in [3.8, 4) is 0 Å². The molecule has 0 aromatic rings. The first-order chi connectivity index (χ1) is 10.1. The third-order valence-electron chi connectivity index (χ3n) is 3.40. The van der Waals surface area contributed by atoms with Crippen LogP contribution >= 0.6 is 0 Å². The number of alkyl halides is 3. The van der Waals surface area contributed by atoms with Crippen LogP contribution in [-0.2, 0) is 19.0 Å². The van der Waals surface area contributed by atoms with Crippen LogP contribution in [0.25, 0.3) is 0 Å². The van der Waals surface area contributed by atoms with Gasteiger partial charge in [0.1, 0.15) is 36.1 Å². The fourth-order valence-electron chi connectivity index (χ4n) is 2.16. The van der Waals surface area contributed by atoms with Crippen molar-refractivity contribution in [3.05, 3.63) is 12.2 Å². The Kier molecular flexibility index (Phi) is 5.93. The van der Waals surface area contributed by atoms with Crippen molar-refractivity contribution in [1.29, 1.82) is 0 Å². The van der Waals surface area contributed by atoms with E-state index >= 15 is 0 Å². The van der Waals surface area contributed by atoms with Gasteiger partial charge in [-0.15, -0.1) is 0 Å². The van der Waals surface area contributed by atoms with Crippen LogP contribution in [0.1, 0.15) is 0 Å². The lowest BCUT2D eigenvalue weighted by Crippen LogP contribution is -2.65. The van der Waals surface area contributed by atoms with Crippen molar-refractivity contribution in [2.45, 2.75) is 42.8 Å². The molecular formula is C12H17F3O7. The SMILES string of the molecule is C=C(C(=O)OC1C(OC)C(O)C(O)C(O)C1OC)C(F)(F)F. The minimum absolute atomic E-state index is 1.09. The van der Waals surface area contributed by atoms with Gasteiger partial charge in [-0.1, -0.05) is 6.58 Å². The van der Waals surface area contributed by atoms with Crippen LogP contribution < -0.4 is 0 Å². The molecule has 22 heavy (non-hydrogen) atoms. The third-order valence-corrected chi connectivity index (χ3v) is 3.40. The van der Waals surface area contributed by atoms with Gasteiger partial charge in [-0.25, -0.2) is 4.79 Å². The summed E-state index contributed by atoms with van der Waals surface area (Å²) >= 11 is 0. The summed E-state index contributed by atoms with van der Waals surface area (Å²) in [7, 11) is 2.18. The molecule has 0 heterocycles. The second-order valence-corrected chi connectivity index (χ2v) is 4.72. The van der Waals surface area contributed by atoms with E-state index in [1.54, 1.807) is 0 Å². The zero-order valence-electron chi connectivity index (χ0n) is 11.8. The highest BCUT2D eigenvalue weighted by Crippen LogP contribution is 2.30. The predicted molar refractivity (Wildman–Crippen MR) is 64.7 cm³/mol. The molecule has 0 spiro atoms. The van der Waals surface area contributed by atoms with E-state index in [4.69, 9.17) is 9.47 Å². The molecule has 128 valence electrons. The molecular weight excluding hydrogens is 313 g/mol. The van der Waals surface area contributed by atoms with Crippen LogP contribution in [0.2, 0.25) is 0 Å². The Morgan fingerprint density at radius 3 is 1.68 bits per heavy atom. The average Bonchev–Trinajstić information content (AvgIpc) is 2.44. The maximum absolute atomic E-state index is 12.4. The number of esters is 1. The number of carbonyl (C=O) groups excluding carboxylic acids is 1. The maximum atomic E-state index is 12.4. The molecule has 0 saturated heterocycles. The van der Waals surface area contributed by atoms with Gasteiger partial charge >= 0.3 is 12.1 Å². The van der Waals surface area contributed by atoms with Crippen LogP contribution in [0, 0.1) is 0 Å². The topological polar surface area (TPSA) is 105 Å². The van der Waals surface area contributed by atoms with E-state index in [9.17, 15) is 33.3 Å². The predicted octanol–water partition coefficient (Wildman–Crippen LogP) is -0.857. The minimum Gasteiger partial charge on any atom is -0.453 e. The van der Waals surface area contributed by atoms with Gasteiger partial charge in [-0.3, -0.25) is 0 Å². The summed E-state index contributed by atoms with van der Waals surface area (Å²) in [6, 6.07) is 0. The number of halogens is 3. The second kappa shape index (κ2) is 6.92. The Balaban J connectivity index is 3.01. The standard InChI is InChI=1S/C12H17F3O7/c1-4(12(13,14)15)11(19)22-10-8(20-2)6(17)5(16)7(18)9(10)21-3/h5-10,16-18H,1H2,2-3H3.